The van der Waals surface area contributed by atoms with Crippen molar-refractivity contribution in [2.75, 3.05) is 24.6 Å². The van der Waals surface area contributed by atoms with Crippen molar-refractivity contribution in [2.45, 2.75) is 19.3 Å². The maximum atomic E-state index is 12.5. The minimum atomic E-state index is 0.290. The Balaban J connectivity index is 0.000000693. The first-order valence-corrected chi connectivity index (χ1v) is 10.8. The zero-order valence-corrected chi connectivity index (χ0v) is 15.8. The zero-order chi connectivity index (χ0) is 15.5. The van der Waals surface area contributed by atoms with Crippen LogP contribution in [0.2, 0.25) is 0 Å². The van der Waals surface area contributed by atoms with Gasteiger partial charge in [0.25, 0.3) is 0 Å². The zero-order valence-electron chi connectivity index (χ0n) is 12.8. The molecule has 5 heteroatoms. The predicted octanol–water partition coefficient (Wildman–Crippen LogP) is 4.26. The first kappa shape index (κ1) is 16.3. The van der Waals surface area contributed by atoms with Crippen LogP contribution in [0.25, 0.3) is 10.2 Å². The second-order valence-electron chi connectivity index (χ2n) is 6.06. The van der Waals surface area contributed by atoms with Gasteiger partial charge in [-0.3, -0.25) is 4.79 Å². The summed E-state index contributed by atoms with van der Waals surface area (Å²) in [5.74, 6) is 1.63. The number of aromatic nitrogens is 1. The molecule has 5 rings (SSSR count). The van der Waals surface area contributed by atoms with Crippen molar-refractivity contribution in [2.24, 2.45) is 11.8 Å². The summed E-state index contributed by atoms with van der Waals surface area (Å²) < 4.78 is 1.16. The largest absolute Gasteiger partial charge is 0.303 e. The minimum Gasteiger partial charge on any atom is -0.303 e. The highest BCUT2D eigenvalue weighted by atomic mass is 127. The van der Waals surface area contributed by atoms with Crippen LogP contribution in [-0.2, 0) is 0 Å². The second-order valence-corrected chi connectivity index (χ2v) is 6.95. The van der Waals surface area contributed by atoms with Crippen LogP contribution in [0.4, 0.5) is 0 Å². The normalized spacial score (nSPS) is 26.5. The molecule has 0 aliphatic carbocycles. The average molecular weight is 428 g/mol. The molecule has 0 N–H and O–H groups in total. The molecular weight excluding hydrogens is 407 g/mol. The van der Waals surface area contributed by atoms with E-state index in [0.29, 0.717) is 18.1 Å². The SMILES string of the molecule is CI.O=C(C[C@@H]1CN2CCC1CC2)c1ccc2scnc2c1. The van der Waals surface area contributed by atoms with Gasteiger partial charge in [-0.05, 0) is 60.9 Å². The summed E-state index contributed by atoms with van der Waals surface area (Å²) in [7, 11) is 0. The standard InChI is InChI=1S/C16H18N2OS.CH3I/c19-15(8-13-9-18-5-3-11(13)4-6-18)12-1-2-16-14(7-12)17-10-20-16;1-2/h1-2,7,10-11,13H,3-6,8-9H2;1H3/t13-;/m1./s1. The number of hydrogen-bond acceptors (Lipinski definition) is 4. The number of benzene rings is 1. The van der Waals surface area contributed by atoms with Gasteiger partial charge in [-0.15, -0.1) is 11.3 Å². The van der Waals surface area contributed by atoms with Crippen molar-refractivity contribution in [1.29, 1.82) is 0 Å². The van der Waals surface area contributed by atoms with Crippen molar-refractivity contribution in [3.8, 4) is 0 Å². The van der Waals surface area contributed by atoms with Gasteiger partial charge in [0, 0.05) is 18.5 Å². The maximum absolute atomic E-state index is 12.5. The number of thiazole rings is 1. The van der Waals surface area contributed by atoms with Crippen LogP contribution < -0.4 is 0 Å². The number of carbonyl (C=O) groups is 1. The van der Waals surface area contributed by atoms with E-state index in [1.165, 1.54) is 25.9 Å². The molecule has 0 radical (unpaired) electrons. The monoisotopic (exact) mass is 428 g/mol. The topological polar surface area (TPSA) is 33.2 Å². The molecule has 3 fully saturated rings. The number of hydrogen-bond donors (Lipinski definition) is 0. The number of fused-ring (bicyclic) bond motifs is 4. The van der Waals surface area contributed by atoms with E-state index in [1.807, 2.05) is 28.6 Å². The Hall–Kier alpha value is -0.530. The third kappa shape index (κ3) is 3.36. The molecular formula is C17H21IN2OS. The molecule has 3 nitrogen and oxygen atoms in total. The molecule has 2 aromatic rings. The Morgan fingerprint density at radius 1 is 1.36 bits per heavy atom. The fourth-order valence-electron chi connectivity index (χ4n) is 3.71. The molecule has 0 amide bonds. The van der Waals surface area contributed by atoms with E-state index in [9.17, 15) is 4.79 Å². The van der Waals surface area contributed by atoms with Crippen molar-refractivity contribution < 1.29 is 4.79 Å². The van der Waals surface area contributed by atoms with Gasteiger partial charge in [0.2, 0.25) is 0 Å². The molecule has 3 saturated heterocycles. The second kappa shape index (κ2) is 7.36. The number of alkyl halides is 1. The lowest BCUT2D eigenvalue weighted by molar-refractivity contribution is 0.0441. The molecule has 0 unspecified atom stereocenters. The van der Waals surface area contributed by atoms with Gasteiger partial charge in [0.15, 0.2) is 5.78 Å². The summed E-state index contributed by atoms with van der Waals surface area (Å²) in [6, 6.07) is 5.94. The summed E-state index contributed by atoms with van der Waals surface area (Å²) in [6.45, 7) is 3.59. The van der Waals surface area contributed by atoms with Crippen LogP contribution in [0.5, 0.6) is 0 Å². The van der Waals surface area contributed by atoms with Gasteiger partial charge < -0.3 is 4.90 Å². The average Bonchev–Trinajstić information content (AvgIpc) is 3.05. The summed E-state index contributed by atoms with van der Waals surface area (Å²) in [5.41, 5.74) is 3.63. The number of ketones is 1. The van der Waals surface area contributed by atoms with Gasteiger partial charge in [-0.1, -0.05) is 22.6 Å². The fourth-order valence-corrected chi connectivity index (χ4v) is 4.36. The lowest BCUT2D eigenvalue weighted by atomic mass is 9.76. The molecule has 22 heavy (non-hydrogen) atoms. The minimum absolute atomic E-state index is 0.290. The van der Waals surface area contributed by atoms with E-state index in [1.54, 1.807) is 11.3 Å². The van der Waals surface area contributed by atoms with E-state index in [-0.39, 0.29) is 0 Å². The van der Waals surface area contributed by atoms with Crippen LogP contribution >= 0.6 is 33.9 Å². The van der Waals surface area contributed by atoms with Crippen LogP contribution in [0.3, 0.4) is 0 Å². The van der Waals surface area contributed by atoms with Crippen molar-refractivity contribution in [3.05, 3.63) is 29.3 Å². The first-order valence-electron chi connectivity index (χ1n) is 7.76. The summed E-state index contributed by atoms with van der Waals surface area (Å²) in [6.07, 6.45) is 3.27. The van der Waals surface area contributed by atoms with E-state index < -0.39 is 0 Å². The van der Waals surface area contributed by atoms with Gasteiger partial charge >= 0.3 is 0 Å². The van der Waals surface area contributed by atoms with Gasteiger partial charge in [0.1, 0.15) is 0 Å². The van der Waals surface area contributed by atoms with Crippen LogP contribution in [-0.4, -0.2) is 40.2 Å². The number of carbonyl (C=O) groups excluding carboxylic acids is 1. The van der Waals surface area contributed by atoms with E-state index >= 15 is 0 Å². The fraction of sp³-hybridized carbons (Fsp3) is 0.529. The Morgan fingerprint density at radius 2 is 2.14 bits per heavy atom. The lowest BCUT2D eigenvalue weighted by Gasteiger charge is -2.44. The number of piperidine rings is 3. The Morgan fingerprint density at radius 3 is 2.82 bits per heavy atom. The Bertz CT molecular complexity index is 649. The molecule has 0 saturated carbocycles. The van der Waals surface area contributed by atoms with Crippen LogP contribution in [0.15, 0.2) is 23.7 Å². The molecule has 2 bridgehead atoms. The molecule has 3 aliphatic rings. The highest BCUT2D eigenvalue weighted by Crippen LogP contribution is 2.35. The highest BCUT2D eigenvalue weighted by molar-refractivity contribution is 14.1. The van der Waals surface area contributed by atoms with Crippen molar-refractivity contribution in [3.63, 3.8) is 0 Å². The van der Waals surface area contributed by atoms with Gasteiger partial charge in [0.05, 0.1) is 15.7 Å². The molecule has 118 valence electrons. The van der Waals surface area contributed by atoms with E-state index in [0.717, 1.165) is 28.2 Å². The van der Waals surface area contributed by atoms with Gasteiger partial charge in [-0.2, -0.15) is 0 Å². The smallest absolute Gasteiger partial charge is 0.163 e. The molecule has 3 aliphatic heterocycles. The van der Waals surface area contributed by atoms with Crippen LogP contribution in [0.1, 0.15) is 29.6 Å². The summed E-state index contributed by atoms with van der Waals surface area (Å²) >= 11 is 3.77. The molecule has 1 aromatic carbocycles. The summed E-state index contributed by atoms with van der Waals surface area (Å²) in [4.78, 5) is 21.3. The number of rotatable bonds is 3. The quantitative estimate of drug-likeness (QED) is 0.416. The number of Topliss-reactive ketones (excluding diaryl/α,β-unsaturated/α-hetero) is 1. The molecule has 1 atom stereocenters. The molecule has 4 heterocycles. The number of halogens is 1. The third-order valence-corrected chi connectivity index (χ3v) is 5.70. The molecule has 1 aromatic heterocycles. The lowest BCUT2D eigenvalue weighted by Crippen LogP contribution is -2.47. The first-order chi connectivity index (χ1) is 10.8. The third-order valence-electron chi connectivity index (χ3n) is 4.89. The van der Waals surface area contributed by atoms with E-state index in [4.69, 9.17) is 0 Å². The Labute approximate surface area is 149 Å². The maximum Gasteiger partial charge on any atom is 0.163 e. The number of nitrogens with zero attached hydrogens (tertiary/aromatic N) is 2. The van der Waals surface area contributed by atoms with Gasteiger partial charge in [-0.25, -0.2) is 4.98 Å². The molecule has 0 spiro atoms. The Kier molecular flexibility index (Phi) is 5.46. The summed E-state index contributed by atoms with van der Waals surface area (Å²) in [5, 5.41) is 0. The predicted molar refractivity (Wildman–Crippen MR) is 101 cm³/mol. The van der Waals surface area contributed by atoms with Crippen molar-refractivity contribution >= 4 is 49.9 Å². The highest BCUT2D eigenvalue weighted by Gasteiger charge is 2.35. The van der Waals surface area contributed by atoms with Crippen LogP contribution in [0, 0.1) is 11.8 Å². The van der Waals surface area contributed by atoms with E-state index in [2.05, 4.69) is 32.5 Å². The van der Waals surface area contributed by atoms with Crippen molar-refractivity contribution in [1.82, 2.24) is 9.88 Å².